The lowest BCUT2D eigenvalue weighted by Crippen LogP contribution is -2.19. The van der Waals surface area contributed by atoms with Gasteiger partial charge < -0.3 is 25.2 Å². The Morgan fingerprint density at radius 1 is 1.20 bits per heavy atom. The molecule has 3 N–H and O–H groups in total. The van der Waals surface area contributed by atoms with Crippen molar-refractivity contribution >= 4 is 11.6 Å². The molecule has 0 aliphatic heterocycles. The first-order valence-corrected chi connectivity index (χ1v) is 6.71. The lowest BCUT2D eigenvalue weighted by molar-refractivity contribution is 0.0615. The number of hydrogen-bond donors (Lipinski definition) is 3. The molecule has 1 atom stereocenters. The van der Waals surface area contributed by atoms with Crippen LogP contribution in [-0.4, -0.2) is 55.1 Å². The highest BCUT2D eigenvalue weighted by molar-refractivity contribution is 5.47. The molecule has 0 aromatic carbocycles. The summed E-state index contributed by atoms with van der Waals surface area (Å²) in [6.45, 7) is 4.10. The van der Waals surface area contributed by atoms with Crippen LogP contribution in [0.25, 0.3) is 0 Å². The summed E-state index contributed by atoms with van der Waals surface area (Å²) >= 11 is 0. The third-order valence-corrected chi connectivity index (χ3v) is 2.55. The van der Waals surface area contributed by atoms with Crippen LogP contribution >= 0.6 is 0 Å². The smallest absolute Gasteiger partial charge is 0.158 e. The zero-order valence-electron chi connectivity index (χ0n) is 12.3. The fourth-order valence-corrected chi connectivity index (χ4v) is 1.70. The molecule has 0 amide bonds. The van der Waals surface area contributed by atoms with E-state index in [4.69, 9.17) is 9.47 Å². The zero-order valence-corrected chi connectivity index (χ0v) is 12.3. The Morgan fingerprint density at radius 3 is 2.50 bits per heavy atom. The average molecular weight is 284 g/mol. The summed E-state index contributed by atoms with van der Waals surface area (Å²) in [5.41, 5.74) is 0. The molecule has 1 unspecified atom stereocenters. The Morgan fingerprint density at radius 2 is 1.90 bits per heavy atom. The molecule has 0 aliphatic carbocycles. The zero-order chi connectivity index (χ0) is 14.8. The molecule has 7 heteroatoms. The van der Waals surface area contributed by atoms with Crippen molar-refractivity contribution in [3.63, 3.8) is 0 Å². The van der Waals surface area contributed by atoms with Crippen LogP contribution in [0.15, 0.2) is 6.07 Å². The Bertz CT molecular complexity index is 366. The molecule has 0 radical (unpaired) electrons. The van der Waals surface area contributed by atoms with Gasteiger partial charge in [-0.1, -0.05) is 0 Å². The van der Waals surface area contributed by atoms with Gasteiger partial charge in [-0.15, -0.1) is 0 Å². The van der Waals surface area contributed by atoms with Crippen molar-refractivity contribution in [3.8, 4) is 0 Å². The fraction of sp³-hybridized carbons (Fsp3) is 0.692. The maximum absolute atomic E-state index is 9.57. The van der Waals surface area contributed by atoms with Crippen LogP contribution in [-0.2, 0) is 16.1 Å². The van der Waals surface area contributed by atoms with Gasteiger partial charge in [0.2, 0.25) is 0 Å². The normalized spacial score (nSPS) is 12.2. The van der Waals surface area contributed by atoms with E-state index in [0.717, 1.165) is 12.4 Å². The number of nitrogens with zero attached hydrogens (tertiary/aromatic N) is 2. The minimum atomic E-state index is -0.471. The van der Waals surface area contributed by atoms with E-state index in [9.17, 15) is 5.11 Å². The molecular weight excluding hydrogens is 260 g/mol. The van der Waals surface area contributed by atoms with Gasteiger partial charge in [0, 0.05) is 33.4 Å². The van der Waals surface area contributed by atoms with E-state index in [1.165, 1.54) is 0 Å². The minimum absolute atomic E-state index is 0.336. The van der Waals surface area contributed by atoms with Crippen LogP contribution in [0.4, 0.5) is 11.6 Å². The van der Waals surface area contributed by atoms with Gasteiger partial charge in [-0.2, -0.15) is 0 Å². The van der Waals surface area contributed by atoms with Crippen LogP contribution in [0.1, 0.15) is 19.2 Å². The summed E-state index contributed by atoms with van der Waals surface area (Å²) in [5.74, 6) is 2.09. The first-order chi connectivity index (χ1) is 9.69. The van der Waals surface area contributed by atoms with Gasteiger partial charge in [-0.25, -0.2) is 9.97 Å². The van der Waals surface area contributed by atoms with Crippen molar-refractivity contribution in [2.45, 2.75) is 26.1 Å². The second-order valence-electron chi connectivity index (χ2n) is 4.34. The molecule has 0 fully saturated rings. The number of rotatable bonds is 10. The summed E-state index contributed by atoms with van der Waals surface area (Å²) in [4.78, 5) is 8.68. The molecule has 0 spiro atoms. The Kier molecular flexibility index (Phi) is 7.86. The first kappa shape index (κ1) is 16.6. The minimum Gasteiger partial charge on any atom is -0.391 e. The first-order valence-electron chi connectivity index (χ1n) is 6.71. The van der Waals surface area contributed by atoms with Gasteiger partial charge in [0.15, 0.2) is 5.82 Å². The van der Waals surface area contributed by atoms with Crippen molar-refractivity contribution in [1.29, 1.82) is 0 Å². The van der Waals surface area contributed by atoms with Gasteiger partial charge in [-0.05, 0) is 13.3 Å². The highest BCUT2D eigenvalue weighted by atomic mass is 16.5. The molecule has 0 saturated carbocycles. The maximum Gasteiger partial charge on any atom is 0.158 e. The van der Waals surface area contributed by atoms with Gasteiger partial charge >= 0.3 is 0 Å². The number of anilines is 2. The second kappa shape index (κ2) is 9.46. The van der Waals surface area contributed by atoms with Crippen LogP contribution < -0.4 is 10.6 Å². The Hall–Kier alpha value is -1.44. The van der Waals surface area contributed by atoms with Gasteiger partial charge in [0.25, 0.3) is 0 Å². The van der Waals surface area contributed by atoms with E-state index in [2.05, 4.69) is 20.6 Å². The molecule has 0 bridgehead atoms. The molecule has 20 heavy (non-hydrogen) atoms. The SMILES string of the molecule is CCNc1cc(NCCC(O)COC)nc(COC)n1. The van der Waals surface area contributed by atoms with Crippen molar-refractivity contribution in [2.24, 2.45) is 0 Å². The molecule has 1 aromatic heterocycles. The fourth-order valence-electron chi connectivity index (χ4n) is 1.70. The Balaban J connectivity index is 2.58. The molecule has 114 valence electrons. The third-order valence-electron chi connectivity index (χ3n) is 2.55. The topological polar surface area (TPSA) is 88.5 Å². The number of aliphatic hydroxyl groups excluding tert-OH is 1. The maximum atomic E-state index is 9.57. The quantitative estimate of drug-likeness (QED) is 0.587. The standard InChI is InChI=1S/C13H24N4O3/c1-4-14-11-7-12(17-13(16-11)9-20-3)15-6-5-10(18)8-19-2/h7,10,18H,4-6,8-9H2,1-3H3,(H2,14,15,16,17). The number of ether oxygens (including phenoxy) is 2. The molecule has 0 saturated heterocycles. The van der Waals surface area contributed by atoms with Gasteiger partial charge in [0.1, 0.15) is 18.2 Å². The third kappa shape index (κ3) is 6.14. The van der Waals surface area contributed by atoms with E-state index in [1.54, 1.807) is 14.2 Å². The lowest BCUT2D eigenvalue weighted by Gasteiger charge is -2.12. The van der Waals surface area contributed by atoms with Crippen LogP contribution in [0.3, 0.4) is 0 Å². The predicted molar refractivity (Wildman–Crippen MR) is 77.9 cm³/mol. The molecule has 7 nitrogen and oxygen atoms in total. The summed E-state index contributed by atoms with van der Waals surface area (Å²) in [6, 6.07) is 1.84. The number of methoxy groups -OCH3 is 2. The predicted octanol–water partition coefficient (Wildman–Crippen LogP) is 0.864. The van der Waals surface area contributed by atoms with E-state index < -0.39 is 6.10 Å². The summed E-state index contributed by atoms with van der Waals surface area (Å²) in [6.07, 6.45) is 0.120. The van der Waals surface area contributed by atoms with E-state index >= 15 is 0 Å². The molecule has 0 aliphatic rings. The second-order valence-corrected chi connectivity index (χ2v) is 4.34. The number of aromatic nitrogens is 2. The number of aliphatic hydroxyl groups is 1. The van der Waals surface area contributed by atoms with E-state index in [-0.39, 0.29) is 0 Å². The van der Waals surface area contributed by atoms with Crippen molar-refractivity contribution in [3.05, 3.63) is 11.9 Å². The molecule has 1 rings (SSSR count). The summed E-state index contributed by atoms with van der Waals surface area (Å²) in [7, 11) is 3.18. The van der Waals surface area contributed by atoms with Gasteiger partial charge in [-0.3, -0.25) is 0 Å². The van der Waals surface area contributed by atoms with Crippen molar-refractivity contribution in [1.82, 2.24) is 9.97 Å². The van der Waals surface area contributed by atoms with E-state index in [1.807, 2.05) is 13.0 Å². The summed E-state index contributed by atoms with van der Waals surface area (Å²) < 4.78 is 9.93. The lowest BCUT2D eigenvalue weighted by atomic mass is 10.2. The summed E-state index contributed by atoms with van der Waals surface area (Å²) in [5, 5.41) is 15.9. The monoisotopic (exact) mass is 284 g/mol. The van der Waals surface area contributed by atoms with E-state index in [0.29, 0.717) is 37.8 Å². The number of nitrogens with one attached hydrogen (secondary N) is 2. The van der Waals surface area contributed by atoms with Crippen molar-refractivity contribution in [2.75, 3.05) is 44.5 Å². The number of hydrogen-bond acceptors (Lipinski definition) is 7. The highest BCUT2D eigenvalue weighted by Crippen LogP contribution is 2.12. The molecule has 1 aromatic rings. The van der Waals surface area contributed by atoms with Gasteiger partial charge in [0.05, 0.1) is 12.7 Å². The highest BCUT2D eigenvalue weighted by Gasteiger charge is 2.06. The van der Waals surface area contributed by atoms with Crippen LogP contribution in [0.2, 0.25) is 0 Å². The largest absolute Gasteiger partial charge is 0.391 e. The molecule has 1 heterocycles. The Labute approximate surface area is 119 Å². The molecular formula is C13H24N4O3. The van der Waals surface area contributed by atoms with Crippen LogP contribution in [0.5, 0.6) is 0 Å². The average Bonchev–Trinajstić information content (AvgIpc) is 2.39. The van der Waals surface area contributed by atoms with Crippen molar-refractivity contribution < 1.29 is 14.6 Å². The van der Waals surface area contributed by atoms with Crippen LogP contribution in [0, 0.1) is 0 Å².